The summed E-state index contributed by atoms with van der Waals surface area (Å²) in [5, 5.41) is 9.31. The molecule has 12 heavy (non-hydrogen) atoms. The normalized spacial score (nSPS) is 30.0. The number of hydrogen-bond acceptors (Lipinski definition) is 2. The van der Waals surface area contributed by atoms with Crippen LogP contribution in [0.1, 0.15) is 19.8 Å². The van der Waals surface area contributed by atoms with Gasteiger partial charge in [-0.2, -0.15) is 0 Å². The Morgan fingerprint density at radius 1 is 1.67 bits per heavy atom. The lowest BCUT2D eigenvalue weighted by Gasteiger charge is -2.35. The molecule has 1 N–H and O–H groups in total. The fourth-order valence-corrected chi connectivity index (χ4v) is 1.51. The molecule has 2 atom stereocenters. The van der Waals surface area contributed by atoms with E-state index in [4.69, 9.17) is 0 Å². The van der Waals surface area contributed by atoms with Crippen molar-refractivity contribution < 1.29 is 9.90 Å². The van der Waals surface area contributed by atoms with Crippen molar-refractivity contribution in [2.24, 2.45) is 0 Å². The molecule has 0 radical (unpaired) electrons. The monoisotopic (exact) mass is 169 g/mol. The van der Waals surface area contributed by atoms with Gasteiger partial charge in [0.05, 0.1) is 6.10 Å². The SMILES string of the molecule is C=CC(=O)N1CC(O)CCC1C. The van der Waals surface area contributed by atoms with E-state index >= 15 is 0 Å². The Morgan fingerprint density at radius 2 is 2.33 bits per heavy atom. The van der Waals surface area contributed by atoms with Crippen molar-refractivity contribution in [3.05, 3.63) is 12.7 Å². The summed E-state index contributed by atoms with van der Waals surface area (Å²) in [5.74, 6) is -0.0822. The van der Waals surface area contributed by atoms with Crippen molar-refractivity contribution in [2.45, 2.75) is 31.9 Å². The zero-order valence-corrected chi connectivity index (χ0v) is 7.36. The van der Waals surface area contributed by atoms with Gasteiger partial charge >= 0.3 is 0 Å². The third-order valence-corrected chi connectivity index (χ3v) is 2.31. The highest BCUT2D eigenvalue weighted by molar-refractivity contribution is 5.87. The van der Waals surface area contributed by atoms with Gasteiger partial charge < -0.3 is 10.0 Å². The van der Waals surface area contributed by atoms with E-state index in [-0.39, 0.29) is 18.1 Å². The number of β-amino-alcohol motifs (C(OH)–C–C–N with tert-alkyl or cyclic N) is 1. The molecule has 1 heterocycles. The second kappa shape index (κ2) is 3.72. The highest BCUT2D eigenvalue weighted by atomic mass is 16.3. The van der Waals surface area contributed by atoms with Crippen LogP contribution in [0.15, 0.2) is 12.7 Å². The van der Waals surface area contributed by atoms with Gasteiger partial charge in [-0.3, -0.25) is 4.79 Å². The van der Waals surface area contributed by atoms with Gasteiger partial charge in [-0.1, -0.05) is 6.58 Å². The number of piperidine rings is 1. The average Bonchev–Trinajstić information content (AvgIpc) is 2.08. The number of hydrogen-bond donors (Lipinski definition) is 1. The molecule has 0 saturated carbocycles. The molecule has 68 valence electrons. The van der Waals surface area contributed by atoms with Gasteiger partial charge in [0.1, 0.15) is 0 Å². The summed E-state index contributed by atoms with van der Waals surface area (Å²) in [6.07, 6.45) is 2.61. The highest BCUT2D eigenvalue weighted by Crippen LogP contribution is 2.16. The minimum Gasteiger partial charge on any atom is -0.391 e. The van der Waals surface area contributed by atoms with Crippen molar-refractivity contribution in [3.63, 3.8) is 0 Å². The molecule has 3 nitrogen and oxygen atoms in total. The number of aliphatic hydroxyl groups is 1. The molecular weight excluding hydrogens is 154 g/mol. The Balaban J connectivity index is 2.60. The van der Waals surface area contributed by atoms with Gasteiger partial charge in [0.15, 0.2) is 0 Å². The second-order valence-electron chi connectivity index (χ2n) is 3.27. The number of aliphatic hydroxyl groups excluding tert-OH is 1. The fraction of sp³-hybridized carbons (Fsp3) is 0.667. The van der Waals surface area contributed by atoms with Crippen molar-refractivity contribution in [3.8, 4) is 0 Å². The van der Waals surface area contributed by atoms with E-state index in [0.717, 1.165) is 12.8 Å². The quantitative estimate of drug-likeness (QED) is 0.582. The van der Waals surface area contributed by atoms with E-state index in [1.54, 1.807) is 4.90 Å². The van der Waals surface area contributed by atoms with Gasteiger partial charge in [-0.15, -0.1) is 0 Å². The van der Waals surface area contributed by atoms with E-state index < -0.39 is 0 Å². The Morgan fingerprint density at radius 3 is 2.92 bits per heavy atom. The van der Waals surface area contributed by atoms with E-state index in [9.17, 15) is 9.90 Å². The summed E-state index contributed by atoms with van der Waals surface area (Å²) < 4.78 is 0. The summed E-state index contributed by atoms with van der Waals surface area (Å²) in [6.45, 7) is 5.87. The first kappa shape index (κ1) is 9.26. The van der Waals surface area contributed by atoms with Crippen molar-refractivity contribution >= 4 is 5.91 Å². The zero-order chi connectivity index (χ0) is 9.14. The maximum absolute atomic E-state index is 11.2. The topological polar surface area (TPSA) is 40.5 Å². The number of nitrogens with zero attached hydrogens (tertiary/aromatic N) is 1. The van der Waals surface area contributed by atoms with Gasteiger partial charge in [0.2, 0.25) is 5.91 Å². The summed E-state index contributed by atoms with van der Waals surface area (Å²) in [4.78, 5) is 12.9. The number of amides is 1. The predicted octanol–water partition coefficient (Wildman–Crippen LogP) is 0.544. The maximum Gasteiger partial charge on any atom is 0.246 e. The van der Waals surface area contributed by atoms with Crippen LogP contribution >= 0.6 is 0 Å². The van der Waals surface area contributed by atoms with Gasteiger partial charge in [0, 0.05) is 12.6 Å². The first-order valence-electron chi connectivity index (χ1n) is 4.26. The molecule has 1 fully saturated rings. The molecule has 1 rings (SSSR count). The average molecular weight is 169 g/mol. The van der Waals surface area contributed by atoms with Crippen LogP contribution in [0.3, 0.4) is 0 Å². The van der Waals surface area contributed by atoms with Crippen molar-refractivity contribution in [2.75, 3.05) is 6.54 Å². The van der Waals surface area contributed by atoms with Crippen LogP contribution in [0, 0.1) is 0 Å². The molecule has 0 aliphatic carbocycles. The smallest absolute Gasteiger partial charge is 0.246 e. The van der Waals surface area contributed by atoms with Gasteiger partial charge in [-0.05, 0) is 25.8 Å². The highest BCUT2D eigenvalue weighted by Gasteiger charge is 2.25. The van der Waals surface area contributed by atoms with Crippen LogP contribution in [0.5, 0.6) is 0 Å². The Hall–Kier alpha value is -0.830. The Bertz CT molecular complexity index is 191. The van der Waals surface area contributed by atoms with Crippen LogP contribution in [0.2, 0.25) is 0 Å². The summed E-state index contributed by atoms with van der Waals surface area (Å²) in [6, 6.07) is 0.235. The largest absolute Gasteiger partial charge is 0.391 e. The first-order chi connectivity index (χ1) is 5.65. The molecule has 1 amide bonds. The number of carbonyl (C=O) groups excluding carboxylic acids is 1. The Labute approximate surface area is 72.7 Å². The fourth-order valence-electron chi connectivity index (χ4n) is 1.51. The van der Waals surface area contributed by atoms with Crippen molar-refractivity contribution in [1.82, 2.24) is 4.90 Å². The number of carbonyl (C=O) groups is 1. The summed E-state index contributed by atoms with van der Waals surface area (Å²) >= 11 is 0. The number of rotatable bonds is 1. The summed E-state index contributed by atoms with van der Waals surface area (Å²) in [7, 11) is 0. The predicted molar refractivity (Wildman–Crippen MR) is 46.6 cm³/mol. The molecule has 1 aliphatic rings. The van der Waals surface area contributed by atoms with Crippen molar-refractivity contribution in [1.29, 1.82) is 0 Å². The van der Waals surface area contributed by atoms with E-state index in [0.29, 0.717) is 6.54 Å². The molecular formula is C9H15NO2. The van der Waals surface area contributed by atoms with E-state index in [2.05, 4.69) is 6.58 Å². The lowest BCUT2D eigenvalue weighted by Crippen LogP contribution is -2.46. The van der Waals surface area contributed by atoms with Crippen LogP contribution in [0.4, 0.5) is 0 Å². The molecule has 0 aromatic heterocycles. The van der Waals surface area contributed by atoms with Crippen LogP contribution in [0.25, 0.3) is 0 Å². The standard InChI is InChI=1S/C9H15NO2/c1-3-9(12)10-6-8(11)5-4-7(10)2/h3,7-8,11H,1,4-6H2,2H3. The third-order valence-electron chi connectivity index (χ3n) is 2.31. The zero-order valence-electron chi connectivity index (χ0n) is 7.36. The second-order valence-corrected chi connectivity index (χ2v) is 3.27. The van der Waals surface area contributed by atoms with Crippen LogP contribution in [-0.4, -0.2) is 34.6 Å². The minimum atomic E-state index is -0.356. The van der Waals surface area contributed by atoms with E-state index in [1.807, 2.05) is 6.92 Å². The number of likely N-dealkylation sites (tertiary alicyclic amines) is 1. The van der Waals surface area contributed by atoms with Crippen LogP contribution < -0.4 is 0 Å². The maximum atomic E-state index is 11.2. The van der Waals surface area contributed by atoms with Gasteiger partial charge in [-0.25, -0.2) is 0 Å². The molecule has 3 heteroatoms. The molecule has 2 unspecified atom stereocenters. The van der Waals surface area contributed by atoms with Crippen LogP contribution in [-0.2, 0) is 4.79 Å². The van der Waals surface area contributed by atoms with E-state index in [1.165, 1.54) is 6.08 Å². The molecule has 1 aliphatic heterocycles. The molecule has 0 bridgehead atoms. The Kier molecular flexibility index (Phi) is 2.87. The molecule has 0 spiro atoms. The van der Waals surface area contributed by atoms with Gasteiger partial charge in [0.25, 0.3) is 0 Å². The molecule has 0 aromatic rings. The lowest BCUT2D eigenvalue weighted by molar-refractivity contribution is -0.131. The molecule has 1 saturated heterocycles. The molecule has 0 aromatic carbocycles. The third kappa shape index (κ3) is 1.85. The summed E-state index contributed by atoms with van der Waals surface area (Å²) in [5.41, 5.74) is 0. The first-order valence-corrected chi connectivity index (χ1v) is 4.26. The minimum absolute atomic E-state index is 0.0822. The lowest BCUT2D eigenvalue weighted by atomic mass is 10.0.